The fourth-order valence-electron chi connectivity index (χ4n) is 2.55. The number of rotatable bonds is 7. The highest BCUT2D eigenvalue weighted by Gasteiger charge is 2.20. The van der Waals surface area contributed by atoms with E-state index in [9.17, 15) is 9.59 Å². The number of hydrogen-bond acceptors (Lipinski definition) is 5. The van der Waals surface area contributed by atoms with Gasteiger partial charge in [-0.2, -0.15) is 0 Å². The highest BCUT2D eigenvalue weighted by molar-refractivity contribution is 5.98. The predicted molar refractivity (Wildman–Crippen MR) is 109 cm³/mol. The van der Waals surface area contributed by atoms with Crippen molar-refractivity contribution < 1.29 is 23.8 Å². The molecule has 0 bridgehead atoms. The molecule has 0 fully saturated rings. The number of hydrogen-bond donors (Lipinski definition) is 1. The molecule has 29 heavy (non-hydrogen) atoms. The molecule has 1 amide bonds. The zero-order valence-corrected chi connectivity index (χ0v) is 16.1. The molecular weight excluding hydrogens is 370 g/mol. The summed E-state index contributed by atoms with van der Waals surface area (Å²) in [6, 6.07) is 22.8. The third kappa shape index (κ3) is 5.35. The maximum Gasteiger partial charge on any atom is 0.338 e. The molecule has 1 atom stereocenters. The normalized spacial score (nSPS) is 11.2. The second kappa shape index (κ2) is 9.41. The summed E-state index contributed by atoms with van der Waals surface area (Å²) in [5.41, 5.74) is 0.827. The van der Waals surface area contributed by atoms with Crippen LogP contribution in [0.3, 0.4) is 0 Å². The number of nitrogens with one attached hydrogen (secondary N) is 1. The first kappa shape index (κ1) is 19.9. The second-order valence-corrected chi connectivity index (χ2v) is 6.18. The van der Waals surface area contributed by atoms with E-state index in [2.05, 4.69) is 5.32 Å². The van der Waals surface area contributed by atoms with E-state index in [-0.39, 0.29) is 0 Å². The predicted octanol–water partition coefficient (Wildman–Crippen LogP) is 4.67. The number of amides is 1. The van der Waals surface area contributed by atoms with Crippen LogP contribution in [0.25, 0.3) is 0 Å². The molecule has 3 aromatic carbocycles. The molecular formula is C23H21NO5. The third-order valence-corrected chi connectivity index (χ3v) is 4.09. The number of para-hydroxylation sites is 3. The van der Waals surface area contributed by atoms with E-state index < -0.39 is 18.0 Å². The molecule has 3 rings (SSSR count). The number of esters is 1. The molecule has 0 spiro atoms. The lowest BCUT2D eigenvalue weighted by Gasteiger charge is -2.15. The van der Waals surface area contributed by atoms with Gasteiger partial charge in [0.05, 0.1) is 18.4 Å². The quantitative estimate of drug-likeness (QED) is 0.593. The van der Waals surface area contributed by atoms with Crippen LogP contribution in [-0.4, -0.2) is 25.1 Å². The molecule has 0 aromatic heterocycles. The van der Waals surface area contributed by atoms with Crippen LogP contribution in [0.4, 0.5) is 5.69 Å². The molecule has 0 aliphatic rings. The van der Waals surface area contributed by atoms with Gasteiger partial charge in [-0.15, -0.1) is 0 Å². The van der Waals surface area contributed by atoms with Crippen molar-refractivity contribution >= 4 is 17.6 Å². The Morgan fingerprint density at radius 1 is 0.828 bits per heavy atom. The Kier molecular flexibility index (Phi) is 6.47. The maximum absolute atomic E-state index is 12.3. The summed E-state index contributed by atoms with van der Waals surface area (Å²) in [5.74, 6) is 0.762. The summed E-state index contributed by atoms with van der Waals surface area (Å²) >= 11 is 0. The number of ether oxygens (including phenoxy) is 3. The van der Waals surface area contributed by atoms with Gasteiger partial charge in [0.15, 0.2) is 6.10 Å². The van der Waals surface area contributed by atoms with E-state index in [4.69, 9.17) is 14.2 Å². The largest absolute Gasteiger partial charge is 0.495 e. The molecule has 0 saturated heterocycles. The lowest BCUT2D eigenvalue weighted by molar-refractivity contribution is -0.123. The Hall–Kier alpha value is -3.80. The Labute approximate surface area is 169 Å². The van der Waals surface area contributed by atoms with Crippen LogP contribution in [0.2, 0.25) is 0 Å². The average Bonchev–Trinajstić information content (AvgIpc) is 2.75. The van der Waals surface area contributed by atoms with E-state index in [0.29, 0.717) is 28.5 Å². The Balaban J connectivity index is 1.58. The Morgan fingerprint density at radius 2 is 1.45 bits per heavy atom. The summed E-state index contributed by atoms with van der Waals surface area (Å²) in [4.78, 5) is 24.7. The molecule has 6 heteroatoms. The van der Waals surface area contributed by atoms with Crippen LogP contribution in [0.15, 0.2) is 78.9 Å². The fraction of sp³-hybridized carbons (Fsp3) is 0.130. The van der Waals surface area contributed by atoms with Crippen molar-refractivity contribution in [2.45, 2.75) is 13.0 Å². The standard InChI is InChI=1S/C23H21NO5/c1-16(22(25)24-20-10-6-7-11-21(20)27-2)28-23(26)17-12-14-19(15-13-17)29-18-8-4-3-5-9-18/h3-16H,1-2H3,(H,24,25). The highest BCUT2D eigenvalue weighted by Crippen LogP contribution is 2.24. The monoisotopic (exact) mass is 391 g/mol. The Bertz CT molecular complexity index is 970. The smallest absolute Gasteiger partial charge is 0.338 e. The van der Waals surface area contributed by atoms with Crippen LogP contribution in [-0.2, 0) is 9.53 Å². The van der Waals surface area contributed by atoms with Crippen LogP contribution in [0.1, 0.15) is 17.3 Å². The number of methoxy groups -OCH3 is 1. The zero-order valence-electron chi connectivity index (χ0n) is 16.1. The minimum atomic E-state index is -0.979. The minimum absolute atomic E-state index is 0.322. The minimum Gasteiger partial charge on any atom is -0.495 e. The van der Waals surface area contributed by atoms with E-state index in [1.807, 2.05) is 30.3 Å². The van der Waals surface area contributed by atoms with E-state index >= 15 is 0 Å². The molecule has 1 unspecified atom stereocenters. The van der Waals surface area contributed by atoms with Crippen LogP contribution >= 0.6 is 0 Å². The van der Waals surface area contributed by atoms with Crippen LogP contribution < -0.4 is 14.8 Å². The van der Waals surface area contributed by atoms with Gasteiger partial charge in [0.1, 0.15) is 17.2 Å². The van der Waals surface area contributed by atoms with Gasteiger partial charge in [-0.3, -0.25) is 4.79 Å². The van der Waals surface area contributed by atoms with Crippen molar-refractivity contribution in [1.82, 2.24) is 0 Å². The molecule has 0 aliphatic carbocycles. The van der Waals surface area contributed by atoms with Gasteiger partial charge in [0.2, 0.25) is 0 Å². The molecule has 0 aliphatic heterocycles. The molecule has 0 radical (unpaired) electrons. The number of anilines is 1. The SMILES string of the molecule is COc1ccccc1NC(=O)C(C)OC(=O)c1ccc(Oc2ccccc2)cc1. The first-order valence-corrected chi connectivity index (χ1v) is 9.04. The van der Waals surface area contributed by atoms with E-state index in [1.54, 1.807) is 48.5 Å². The van der Waals surface area contributed by atoms with Crippen LogP contribution in [0.5, 0.6) is 17.2 Å². The third-order valence-electron chi connectivity index (χ3n) is 4.09. The summed E-state index contributed by atoms with van der Waals surface area (Å²) in [6.07, 6.45) is -0.979. The Morgan fingerprint density at radius 3 is 2.14 bits per heavy atom. The number of benzene rings is 3. The fourth-order valence-corrected chi connectivity index (χ4v) is 2.55. The number of carbonyl (C=O) groups excluding carboxylic acids is 2. The second-order valence-electron chi connectivity index (χ2n) is 6.18. The first-order chi connectivity index (χ1) is 14.1. The van der Waals surface area contributed by atoms with Crippen LogP contribution in [0, 0.1) is 0 Å². The van der Waals surface area contributed by atoms with E-state index in [1.165, 1.54) is 14.0 Å². The van der Waals surface area contributed by atoms with Gasteiger partial charge in [0, 0.05) is 0 Å². The van der Waals surface area contributed by atoms with Crippen molar-refractivity contribution in [3.8, 4) is 17.2 Å². The lowest BCUT2D eigenvalue weighted by atomic mass is 10.2. The first-order valence-electron chi connectivity index (χ1n) is 9.04. The lowest BCUT2D eigenvalue weighted by Crippen LogP contribution is -2.30. The maximum atomic E-state index is 12.3. The summed E-state index contributed by atoms with van der Waals surface area (Å²) in [5, 5.41) is 2.69. The van der Waals surface area contributed by atoms with Gasteiger partial charge in [-0.05, 0) is 55.5 Å². The molecule has 1 N–H and O–H groups in total. The van der Waals surface area contributed by atoms with Gasteiger partial charge in [-0.1, -0.05) is 30.3 Å². The van der Waals surface area contributed by atoms with Gasteiger partial charge in [-0.25, -0.2) is 4.79 Å². The molecule has 3 aromatic rings. The van der Waals surface area contributed by atoms with Crippen molar-refractivity contribution in [3.05, 3.63) is 84.4 Å². The molecule has 6 nitrogen and oxygen atoms in total. The molecule has 0 heterocycles. The summed E-state index contributed by atoms with van der Waals surface area (Å²) in [7, 11) is 1.51. The van der Waals surface area contributed by atoms with Crippen molar-refractivity contribution in [3.63, 3.8) is 0 Å². The van der Waals surface area contributed by atoms with Crippen molar-refractivity contribution in [2.24, 2.45) is 0 Å². The zero-order chi connectivity index (χ0) is 20.6. The van der Waals surface area contributed by atoms with Crippen molar-refractivity contribution in [2.75, 3.05) is 12.4 Å². The van der Waals surface area contributed by atoms with Gasteiger partial charge < -0.3 is 19.5 Å². The topological polar surface area (TPSA) is 73.9 Å². The number of carbonyl (C=O) groups is 2. The highest BCUT2D eigenvalue weighted by atomic mass is 16.5. The summed E-state index contributed by atoms with van der Waals surface area (Å²) in [6.45, 7) is 1.51. The van der Waals surface area contributed by atoms with Gasteiger partial charge in [0.25, 0.3) is 5.91 Å². The van der Waals surface area contributed by atoms with Gasteiger partial charge >= 0.3 is 5.97 Å². The van der Waals surface area contributed by atoms with E-state index in [0.717, 1.165) is 0 Å². The van der Waals surface area contributed by atoms with Crippen molar-refractivity contribution in [1.29, 1.82) is 0 Å². The molecule has 148 valence electrons. The molecule has 0 saturated carbocycles. The average molecular weight is 391 g/mol. The summed E-state index contributed by atoms with van der Waals surface area (Å²) < 4.78 is 16.2.